The maximum atomic E-state index is 13.1. The number of hydrogen-bond donors (Lipinski definition) is 2. The molecule has 4 rings (SSSR count). The summed E-state index contributed by atoms with van der Waals surface area (Å²) in [6, 6.07) is 10.5. The number of carbonyl (C=O) groups is 4. The number of alkyl halides is 1. The zero-order valence-electron chi connectivity index (χ0n) is 17.7. The first-order valence-corrected chi connectivity index (χ1v) is 10.3. The number of benzene rings is 2. The molecule has 2 N–H and O–H groups in total. The largest absolute Gasteiger partial charge is 0.481 e. The van der Waals surface area contributed by atoms with E-state index in [-0.39, 0.29) is 12.5 Å². The van der Waals surface area contributed by atoms with Crippen LogP contribution < -0.4 is 5.32 Å². The fourth-order valence-electron chi connectivity index (χ4n) is 3.95. The average molecular weight is 452 g/mol. The van der Waals surface area contributed by atoms with Crippen LogP contribution in [0.1, 0.15) is 29.3 Å². The van der Waals surface area contributed by atoms with E-state index in [0.717, 1.165) is 27.7 Å². The normalized spacial score (nSPS) is 14.7. The highest BCUT2D eigenvalue weighted by Crippen LogP contribution is 2.34. The number of Topliss-reactive ketones (excluding diaryl/α,β-unsaturated/α-hetero) is 1. The van der Waals surface area contributed by atoms with Crippen molar-refractivity contribution in [2.45, 2.75) is 32.0 Å². The number of carbonyl (C=O) groups excluding carboxylic acids is 3. The number of carboxylic acid groups (broad SMARTS) is 1. The zero-order chi connectivity index (χ0) is 23.7. The fraction of sp³-hybridized carbons (Fsp3) is 0.250. The lowest BCUT2D eigenvalue weighted by molar-refractivity contribution is -0.140. The highest BCUT2D eigenvalue weighted by molar-refractivity contribution is 6.03. The van der Waals surface area contributed by atoms with Crippen molar-refractivity contribution in [3.63, 3.8) is 0 Å². The molecule has 1 aliphatic heterocycles. The molecule has 0 bridgehead atoms. The van der Waals surface area contributed by atoms with Gasteiger partial charge in [-0.05, 0) is 30.2 Å². The van der Waals surface area contributed by atoms with Gasteiger partial charge in [-0.1, -0.05) is 30.3 Å². The quantitative estimate of drug-likeness (QED) is 0.543. The summed E-state index contributed by atoms with van der Waals surface area (Å²) in [4.78, 5) is 49.7. The summed E-state index contributed by atoms with van der Waals surface area (Å²) in [5.74, 6) is -3.48. The van der Waals surface area contributed by atoms with Gasteiger partial charge in [0.05, 0.1) is 12.7 Å². The molecule has 1 aliphatic rings. The van der Waals surface area contributed by atoms with Crippen LogP contribution in [0.15, 0.2) is 53.1 Å². The van der Waals surface area contributed by atoms with E-state index in [0.29, 0.717) is 5.56 Å². The maximum Gasteiger partial charge on any atom is 0.305 e. The fourth-order valence-corrected chi connectivity index (χ4v) is 3.95. The number of fused-ring (bicyclic) bond motifs is 2. The van der Waals surface area contributed by atoms with E-state index < -0.39 is 42.8 Å². The lowest BCUT2D eigenvalue weighted by atomic mass is 10.00. The summed E-state index contributed by atoms with van der Waals surface area (Å²) < 4.78 is 18.4. The molecule has 0 fully saturated rings. The minimum Gasteiger partial charge on any atom is -0.481 e. The Hall–Kier alpha value is -4.01. The van der Waals surface area contributed by atoms with Gasteiger partial charge < -0.3 is 19.7 Å². The molecule has 2 unspecified atom stereocenters. The third-order valence-electron chi connectivity index (χ3n) is 5.80. The van der Waals surface area contributed by atoms with Gasteiger partial charge in [0.15, 0.2) is 5.78 Å². The average Bonchev–Trinajstić information content (AvgIpc) is 3.38. The molecule has 0 saturated heterocycles. The van der Waals surface area contributed by atoms with Gasteiger partial charge in [-0.15, -0.1) is 0 Å². The van der Waals surface area contributed by atoms with Gasteiger partial charge >= 0.3 is 5.97 Å². The predicted molar refractivity (Wildman–Crippen MR) is 116 cm³/mol. The Bertz CT molecular complexity index is 1270. The number of halogens is 1. The summed E-state index contributed by atoms with van der Waals surface area (Å²) in [5, 5.41) is 12.1. The van der Waals surface area contributed by atoms with Gasteiger partial charge in [0.25, 0.3) is 5.91 Å². The molecule has 3 aromatic rings. The first-order chi connectivity index (χ1) is 15.8. The van der Waals surface area contributed by atoms with Gasteiger partial charge in [0.1, 0.15) is 24.3 Å². The molecular formula is C24H21FN2O6. The molecule has 2 amide bonds. The molecule has 33 heavy (non-hydrogen) atoms. The maximum absolute atomic E-state index is 13.1. The summed E-state index contributed by atoms with van der Waals surface area (Å²) >= 11 is 0. The van der Waals surface area contributed by atoms with Crippen molar-refractivity contribution in [3.8, 4) is 11.1 Å². The highest BCUT2D eigenvalue weighted by atomic mass is 19.1. The summed E-state index contributed by atoms with van der Waals surface area (Å²) in [5.41, 5.74) is 3.54. The number of hydrogen-bond acceptors (Lipinski definition) is 5. The van der Waals surface area contributed by atoms with Crippen LogP contribution in [0, 0.1) is 0 Å². The number of furan rings is 1. The minimum atomic E-state index is -1.50. The van der Waals surface area contributed by atoms with Gasteiger partial charge in [-0.3, -0.25) is 19.2 Å². The van der Waals surface area contributed by atoms with Crippen LogP contribution in [0.2, 0.25) is 0 Å². The molecule has 2 aromatic carbocycles. The van der Waals surface area contributed by atoms with Crippen LogP contribution in [0.5, 0.6) is 0 Å². The molecular weight excluding hydrogens is 431 g/mol. The number of aliphatic carboxylic acids is 1. The Morgan fingerprint density at radius 2 is 1.94 bits per heavy atom. The van der Waals surface area contributed by atoms with Crippen LogP contribution in [-0.4, -0.2) is 52.3 Å². The van der Waals surface area contributed by atoms with Crippen LogP contribution in [0.3, 0.4) is 0 Å². The van der Waals surface area contributed by atoms with Crippen molar-refractivity contribution >= 4 is 34.5 Å². The smallest absolute Gasteiger partial charge is 0.305 e. The van der Waals surface area contributed by atoms with Gasteiger partial charge in [0, 0.05) is 23.1 Å². The van der Waals surface area contributed by atoms with Crippen molar-refractivity contribution in [1.29, 1.82) is 0 Å². The third kappa shape index (κ3) is 4.21. The van der Waals surface area contributed by atoms with Crippen LogP contribution >= 0.6 is 0 Å². The van der Waals surface area contributed by atoms with E-state index in [1.807, 2.05) is 36.4 Å². The van der Waals surface area contributed by atoms with E-state index in [2.05, 4.69) is 5.32 Å². The van der Waals surface area contributed by atoms with Crippen molar-refractivity contribution in [3.05, 3.63) is 59.9 Å². The highest BCUT2D eigenvalue weighted by Gasteiger charge is 2.35. The number of carboxylic acids is 1. The molecule has 0 radical (unpaired) electrons. The molecule has 9 heteroatoms. The van der Waals surface area contributed by atoms with E-state index in [1.165, 1.54) is 11.8 Å². The topological polar surface area (TPSA) is 117 Å². The molecule has 2 atom stereocenters. The van der Waals surface area contributed by atoms with Crippen LogP contribution in [-0.2, 0) is 20.9 Å². The van der Waals surface area contributed by atoms with Crippen LogP contribution in [0.4, 0.5) is 4.39 Å². The number of rotatable bonds is 8. The van der Waals surface area contributed by atoms with E-state index in [9.17, 15) is 23.6 Å². The SMILES string of the molecule is CC(C(=O)NC(CC(=O)O)C(=O)CF)N1Cc2ccc(-c3coc4ccccc34)cc2C1=O. The van der Waals surface area contributed by atoms with Crippen molar-refractivity contribution in [1.82, 2.24) is 10.2 Å². The number of para-hydroxylation sites is 1. The van der Waals surface area contributed by atoms with E-state index >= 15 is 0 Å². The monoisotopic (exact) mass is 452 g/mol. The van der Waals surface area contributed by atoms with Gasteiger partial charge in [-0.25, -0.2) is 4.39 Å². The minimum absolute atomic E-state index is 0.176. The first-order valence-electron chi connectivity index (χ1n) is 10.3. The Morgan fingerprint density at radius 1 is 1.18 bits per heavy atom. The van der Waals surface area contributed by atoms with Crippen molar-refractivity contribution < 1.29 is 33.1 Å². The molecule has 0 spiro atoms. The second-order valence-corrected chi connectivity index (χ2v) is 7.89. The van der Waals surface area contributed by atoms with E-state index in [4.69, 9.17) is 9.52 Å². The number of nitrogens with zero attached hydrogens (tertiary/aromatic N) is 1. The zero-order valence-corrected chi connectivity index (χ0v) is 17.7. The molecule has 0 aliphatic carbocycles. The predicted octanol–water partition coefficient (Wildman–Crippen LogP) is 2.94. The van der Waals surface area contributed by atoms with Gasteiger partial charge in [-0.2, -0.15) is 0 Å². The summed E-state index contributed by atoms with van der Waals surface area (Å²) in [6.07, 6.45) is 0.890. The molecule has 170 valence electrons. The second kappa shape index (κ2) is 8.85. The molecule has 2 heterocycles. The Balaban J connectivity index is 1.54. The molecule has 0 saturated carbocycles. The number of amides is 2. The number of nitrogens with one attached hydrogen (secondary N) is 1. The lowest BCUT2D eigenvalue weighted by Crippen LogP contribution is -2.51. The molecule has 8 nitrogen and oxygen atoms in total. The van der Waals surface area contributed by atoms with Crippen LogP contribution in [0.25, 0.3) is 22.1 Å². The molecule has 1 aromatic heterocycles. The van der Waals surface area contributed by atoms with Crippen molar-refractivity contribution in [2.24, 2.45) is 0 Å². The second-order valence-electron chi connectivity index (χ2n) is 7.89. The Labute approximate surface area is 188 Å². The first kappa shape index (κ1) is 22.2. The van der Waals surface area contributed by atoms with Gasteiger partial charge in [0.2, 0.25) is 5.91 Å². The lowest BCUT2D eigenvalue weighted by Gasteiger charge is -2.25. The van der Waals surface area contributed by atoms with Crippen molar-refractivity contribution in [2.75, 3.05) is 6.67 Å². The standard InChI is InChI=1S/C24H21FN2O6/c1-13(23(31)26-19(9-22(29)30)20(28)10-25)27-11-15-7-6-14(8-17(15)24(27)32)18-12-33-21-5-3-2-4-16(18)21/h2-8,12-13,19H,9-11H2,1H3,(H,26,31)(H,29,30). The number of ketones is 1. The summed E-state index contributed by atoms with van der Waals surface area (Å²) in [7, 11) is 0. The Kier molecular flexibility index (Phi) is 5.95. The summed E-state index contributed by atoms with van der Waals surface area (Å²) in [6.45, 7) is 0.253. The van der Waals surface area contributed by atoms with E-state index in [1.54, 1.807) is 12.3 Å². The third-order valence-corrected chi connectivity index (χ3v) is 5.80. The Morgan fingerprint density at radius 3 is 2.67 bits per heavy atom.